The van der Waals surface area contributed by atoms with Crippen LogP contribution in [-0.2, 0) is 4.79 Å². The summed E-state index contributed by atoms with van der Waals surface area (Å²) < 4.78 is 0. The molecule has 2 N–H and O–H groups in total. The Morgan fingerprint density at radius 2 is 1.88 bits per heavy atom. The Kier molecular flexibility index (Phi) is 4.47. The summed E-state index contributed by atoms with van der Waals surface area (Å²) in [7, 11) is 0. The fraction of sp³-hybridized carbons (Fsp3) is 0.500. The van der Waals surface area contributed by atoms with E-state index in [1.54, 1.807) is 11.1 Å². The summed E-state index contributed by atoms with van der Waals surface area (Å²) in [6, 6.07) is 7.80. The maximum atomic E-state index is 12.6. The third kappa shape index (κ3) is 3.28. The number of amides is 2. The van der Waals surface area contributed by atoms with Crippen LogP contribution in [0.2, 0.25) is 0 Å². The third-order valence-corrected chi connectivity index (χ3v) is 5.65. The van der Waals surface area contributed by atoms with Crippen LogP contribution >= 0.6 is 0 Å². The molecule has 0 spiro atoms. The van der Waals surface area contributed by atoms with Crippen molar-refractivity contribution in [3.8, 4) is 0 Å². The maximum Gasteiger partial charge on any atom is 0.256 e. The molecule has 2 aromatic rings. The lowest BCUT2D eigenvalue weighted by molar-refractivity contribution is -0.129. The lowest BCUT2D eigenvalue weighted by Crippen LogP contribution is -2.56. The summed E-state index contributed by atoms with van der Waals surface area (Å²) in [6.07, 6.45) is 8.14. The second-order valence-electron chi connectivity index (χ2n) is 7.40. The molecule has 1 aromatic carbocycles. The minimum atomic E-state index is -0.0576. The SMILES string of the molecule is O=C(NCC1CCCCC1)C1CN(C(=O)c2c[nH]c3ccccc23)C1. The van der Waals surface area contributed by atoms with Crippen molar-refractivity contribution in [2.75, 3.05) is 19.6 Å². The number of hydrogen-bond donors (Lipinski definition) is 2. The fourth-order valence-corrected chi connectivity index (χ4v) is 4.01. The molecule has 1 aromatic heterocycles. The maximum absolute atomic E-state index is 12.6. The highest BCUT2D eigenvalue weighted by atomic mass is 16.2. The summed E-state index contributed by atoms with van der Waals surface area (Å²) in [5.74, 6) is 0.696. The smallest absolute Gasteiger partial charge is 0.256 e. The average Bonchev–Trinajstić information content (AvgIpc) is 3.03. The summed E-state index contributed by atoms with van der Waals surface area (Å²) in [5, 5.41) is 4.04. The number of nitrogens with one attached hydrogen (secondary N) is 2. The topological polar surface area (TPSA) is 65.2 Å². The third-order valence-electron chi connectivity index (χ3n) is 5.65. The summed E-state index contributed by atoms with van der Waals surface area (Å²) in [5.41, 5.74) is 1.66. The Morgan fingerprint density at radius 1 is 1.12 bits per heavy atom. The van der Waals surface area contributed by atoms with Crippen LogP contribution in [0.25, 0.3) is 10.9 Å². The second kappa shape index (κ2) is 6.90. The van der Waals surface area contributed by atoms with Gasteiger partial charge in [-0.05, 0) is 24.8 Å². The van der Waals surface area contributed by atoms with E-state index in [-0.39, 0.29) is 17.7 Å². The quantitative estimate of drug-likeness (QED) is 0.899. The minimum absolute atomic E-state index is 0.00813. The average molecular weight is 339 g/mol. The van der Waals surface area contributed by atoms with Gasteiger partial charge in [0, 0.05) is 36.7 Å². The number of benzene rings is 1. The lowest BCUT2D eigenvalue weighted by atomic mass is 9.89. The van der Waals surface area contributed by atoms with Crippen LogP contribution in [0.1, 0.15) is 42.5 Å². The Morgan fingerprint density at radius 3 is 2.68 bits per heavy atom. The number of carbonyl (C=O) groups excluding carboxylic acids is 2. The van der Waals surface area contributed by atoms with Crippen LogP contribution in [0.4, 0.5) is 0 Å². The van der Waals surface area contributed by atoms with Crippen molar-refractivity contribution in [3.63, 3.8) is 0 Å². The van der Waals surface area contributed by atoms with E-state index in [9.17, 15) is 9.59 Å². The number of aromatic nitrogens is 1. The van der Waals surface area contributed by atoms with Crippen molar-refractivity contribution < 1.29 is 9.59 Å². The Bertz CT molecular complexity index is 770. The van der Waals surface area contributed by atoms with E-state index in [1.165, 1.54) is 32.1 Å². The molecule has 132 valence electrons. The van der Waals surface area contributed by atoms with Gasteiger partial charge in [0.25, 0.3) is 5.91 Å². The van der Waals surface area contributed by atoms with Crippen LogP contribution in [0.15, 0.2) is 30.5 Å². The summed E-state index contributed by atoms with van der Waals surface area (Å²) in [6.45, 7) is 1.84. The molecular formula is C20H25N3O2. The molecule has 2 amide bonds. The number of aromatic amines is 1. The first-order chi connectivity index (χ1) is 12.2. The lowest BCUT2D eigenvalue weighted by Gasteiger charge is -2.38. The minimum Gasteiger partial charge on any atom is -0.360 e. The van der Waals surface area contributed by atoms with E-state index in [4.69, 9.17) is 0 Å². The molecule has 1 saturated heterocycles. The molecule has 5 nitrogen and oxygen atoms in total. The standard InChI is InChI=1S/C20H25N3O2/c24-19(22-10-14-6-2-1-3-7-14)15-12-23(13-15)20(25)17-11-21-18-9-5-4-8-16(17)18/h4-5,8-9,11,14-15,21H,1-3,6-7,10,12-13H2,(H,22,24). The number of carbonyl (C=O) groups is 2. The molecular weight excluding hydrogens is 314 g/mol. The molecule has 5 heteroatoms. The molecule has 2 fully saturated rings. The van der Waals surface area contributed by atoms with Gasteiger partial charge in [-0.1, -0.05) is 37.5 Å². The molecule has 2 aliphatic rings. The van der Waals surface area contributed by atoms with Crippen molar-refractivity contribution >= 4 is 22.7 Å². The van der Waals surface area contributed by atoms with Gasteiger partial charge >= 0.3 is 0 Å². The van der Waals surface area contributed by atoms with E-state index in [2.05, 4.69) is 10.3 Å². The first-order valence-corrected chi connectivity index (χ1v) is 9.35. The van der Waals surface area contributed by atoms with Crippen LogP contribution in [-0.4, -0.2) is 41.3 Å². The molecule has 2 heterocycles. The van der Waals surface area contributed by atoms with Gasteiger partial charge < -0.3 is 15.2 Å². The van der Waals surface area contributed by atoms with Gasteiger partial charge in [-0.25, -0.2) is 0 Å². The number of hydrogen-bond acceptors (Lipinski definition) is 2. The van der Waals surface area contributed by atoms with Gasteiger partial charge in [-0.15, -0.1) is 0 Å². The number of H-pyrrole nitrogens is 1. The molecule has 1 aliphatic heterocycles. The molecule has 0 unspecified atom stereocenters. The van der Waals surface area contributed by atoms with Gasteiger partial charge in [-0.3, -0.25) is 9.59 Å². The molecule has 4 rings (SSSR count). The van der Waals surface area contributed by atoms with Gasteiger partial charge in [0.2, 0.25) is 5.91 Å². The molecule has 0 bridgehead atoms. The fourth-order valence-electron chi connectivity index (χ4n) is 4.01. The van der Waals surface area contributed by atoms with Gasteiger partial charge in [0.05, 0.1) is 11.5 Å². The van der Waals surface area contributed by atoms with Crippen LogP contribution in [0.3, 0.4) is 0 Å². The van der Waals surface area contributed by atoms with Gasteiger partial charge in [0.15, 0.2) is 0 Å². The first-order valence-electron chi connectivity index (χ1n) is 9.35. The van der Waals surface area contributed by atoms with E-state index >= 15 is 0 Å². The van der Waals surface area contributed by atoms with Crippen LogP contribution in [0, 0.1) is 11.8 Å². The first kappa shape index (κ1) is 16.2. The predicted molar refractivity (Wildman–Crippen MR) is 97.3 cm³/mol. The highest BCUT2D eigenvalue weighted by molar-refractivity contribution is 6.07. The van der Waals surface area contributed by atoms with Crippen molar-refractivity contribution in [2.24, 2.45) is 11.8 Å². The van der Waals surface area contributed by atoms with Crippen molar-refractivity contribution in [3.05, 3.63) is 36.0 Å². The predicted octanol–water partition coefficient (Wildman–Crippen LogP) is 2.94. The highest BCUT2D eigenvalue weighted by Gasteiger charge is 2.36. The van der Waals surface area contributed by atoms with Gasteiger partial charge in [0.1, 0.15) is 0 Å². The zero-order valence-electron chi connectivity index (χ0n) is 14.5. The van der Waals surface area contributed by atoms with E-state index < -0.39 is 0 Å². The van der Waals surface area contributed by atoms with Crippen molar-refractivity contribution in [1.29, 1.82) is 0 Å². The number of rotatable bonds is 4. The van der Waals surface area contributed by atoms with E-state index in [0.29, 0.717) is 24.6 Å². The van der Waals surface area contributed by atoms with Gasteiger partial charge in [-0.2, -0.15) is 0 Å². The zero-order chi connectivity index (χ0) is 17.2. The van der Waals surface area contributed by atoms with E-state index in [1.807, 2.05) is 24.3 Å². The highest BCUT2D eigenvalue weighted by Crippen LogP contribution is 2.25. The molecule has 0 radical (unpaired) electrons. The van der Waals surface area contributed by atoms with E-state index in [0.717, 1.165) is 17.4 Å². The van der Waals surface area contributed by atoms with Crippen molar-refractivity contribution in [2.45, 2.75) is 32.1 Å². The number of fused-ring (bicyclic) bond motifs is 1. The number of likely N-dealkylation sites (tertiary alicyclic amines) is 1. The largest absolute Gasteiger partial charge is 0.360 e. The van der Waals surface area contributed by atoms with Crippen LogP contribution < -0.4 is 5.32 Å². The molecule has 0 atom stereocenters. The Labute approximate surface area is 147 Å². The molecule has 1 saturated carbocycles. The summed E-state index contributed by atoms with van der Waals surface area (Å²) >= 11 is 0. The zero-order valence-corrected chi connectivity index (χ0v) is 14.5. The van der Waals surface area contributed by atoms with Crippen LogP contribution in [0.5, 0.6) is 0 Å². The Balaban J connectivity index is 1.29. The Hall–Kier alpha value is -2.30. The summed E-state index contributed by atoms with van der Waals surface area (Å²) in [4.78, 5) is 29.8. The monoisotopic (exact) mass is 339 g/mol. The number of nitrogens with zero attached hydrogens (tertiary/aromatic N) is 1. The molecule has 25 heavy (non-hydrogen) atoms. The second-order valence-corrected chi connectivity index (χ2v) is 7.40. The molecule has 1 aliphatic carbocycles. The normalized spacial score (nSPS) is 19.0. The van der Waals surface area contributed by atoms with Crippen molar-refractivity contribution in [1.82, 2.24) is 15.2 Å². The number of para-hydroxylation sites is 1.